The summed E-state index contributed by atoms with van der Waals surface area (Å²) < 4.78 is 0.938. The lowest BCUT2D eigenvalue weighted by Crippen LogP contribution is -2.42. The molecule has 0 saturated carbocycles. The number of aromatic nitrogens is 1. The number of allylic oxidation sites excluding steroid dienone is 2. The molecule has 8 heteroatoms. The van der Waals surface area contributed by atoms with Crippen LogP contribution in [-0.2, 0) is 9.59 Å². The topological polar surface area (TPSA) is 111 Å². The van der Waals surface area contributed by atoms with Gasteiger partial charge in [-0.3, -0.25) is 14.4 Å². The summed E-state index contributed by atoms with van der Waals surface area (Å²) in [6.07, 6.45) is 4.25. The van der Waals surface area contributed by atoms with Crippen LogP contribution in [0.1, 0.15) is 18.1 Å². The Morgan fingerprint density at radius 3 is 2.11 bits per heavy atom. The molecule has 2 aromatic carbocycles. The third-order valence-electron chi connectivity index (χ3n) is 6.01. The summed E-state index contributed by atoms with van der Waals surface area (Å²) in [4.78, 5) is 43.7. The maximum Gasteiger partial charge on any atom is 0.276 e. The number of amides is 2. The largest absolute Gasteiger partial charge is 0.868 e. The highest BCUT2D eigenvalue weighted by Gasteiger charge is 2.36. The molecule has 0 spiro atoms. The molecule has 0 unspecified atom stereocenters. The van der Waals surface area contributed by atoms with Crippen molar-refractivity contribution in [3.8, 4) is 17.6 Å². The number of rotatable bonds is 4. The first-order valence-corrected chi connectivity index (χ1v) is 11.1. The van der Waals surface area contributed by atoms with Crippen LogP contribution in [0.3, 0.4) is 0 Å². The molecule has 3 aromatic rings. The molecule has 4 rings (SSSR count). The fraction of sp³-hybridized carbons (Fsp3) is 0.0690. The molecule has 180 valence electrons. The average molecular weight is 487 g/mol. The molecule has 1 aromatic heterocycles. The van der Waals surface area contributed by atoms with E-state index in [0.717, 1.165) is 9.47 Å². The lowest BCUT2D eigenvalue weighted by atomic mass is 9.94. The zero-order chi connectivity index (χ0) is 26.7. The average Bonchev–Trinajstić information content (AvgIpc) is 2.89. The summed E-state index contributed by atoms with van der Waals surface area (Å²) in [5.41, 5.74) is 0.309. The van der Waals surface area contributed by atoms with Crippen LogP contribution in [0.4, 0.5) is 11.4 Å². The Bertz CT molecular complexity index is 1670. The minimum absolute atomic E-state index is 0.100. The van der Waals surface area contributed by atoms with E-state index in [4.69, 9.17) is 6.57 Å². The zero-order valence-electron chi connectivity index (χ0n) is 19.9. The van der Waals surface area contributed by atoms with Crippen molar-refractivity contribution in [2.45, 2.75) is 13.8 Å². The summed E-state index contributed by atoms with van der Waals surface area (Å²) in [7, 11) is 0. The van der Waals surface area contributed by atoms with Crippen LogP contribution in [0, 0.1) is 24.8 Å². The van der Waals surface area contributed by atoms with Crippen molar-refractivity contribution in [1.29, 1.82) is 5.26 Å². The molecule has 0 aliphatic carbocycles. The van der Waals surface area contributed by atoms with Gasteiger partial charge < -0.3 is 9.67 Å². The highest BCUT2D eigenvalue weighted by molar-refractivity contribution is 6.31. The second-order valence-electron chi connectivity index (χ2n) is 8.11. The summed E-state index contributed by atoms with van der Waals surface area (Å²) in [5.74, 6) is -2.05. The van der Waals surface area contributed by atoms with Gasteiger partial charge in [0.1, 0.15) is 11.6 Å². The summed E-state index contributed by atoms with van der Waals surface area (Å²) in [6, 6.07) is 18.4. The van der Waals surface area contributed by atoms with Gasteiger partial charge >= 0.3 is 0 Å². The SMILES string of the molecule is [C-]#[N+]c1c(C)c(C=C/C=C2\C(=O)N(c3ccccc3)C(=O)C(C#N)=C2C)c(=O)n(-c2ccccc2)c1[O-]. The number of benzene rings is 2. The van der Waals surface area contributed by atoms with E-state index < -0.39 is 23.3 Å². The van der Waals surface area contributed by atoms with Gasteiger partial charge in [-0.05, 0) is 61.2 Å². The number of imide groups is 1. The van der Waals surface area contributed by atoms with Crippen molar-refractivity contribution in [2.24, 2.45) is 0 Å². The first-order valence-electron chi connectivity index (χ1n) is 11.1. The molecule has 37 heavy (non-hydrogen) atoms. The van der Waals surface area contributed by atoms with E-state index >= 15 is 0 Å². The van der Waals surface area contributed by atoms with E-state index in [1.54, 1.807) is 60.7 Å². The number of anilines is 1. The molecule has 2 amide bonds. The van der Waals surface area contributed by atoms with Gasteiger partial charge in [0.05, 0.1) is 12.3 Å². The number of nitrogens with zero attached hydrogens (tertiary/aromatic N) is 4. The third kappa shape index (κ3) is 4.24. The molecular weight excluding hydrogens is 468 g/mol. The minimum atomic E-state index is -0.716. The minimum Gasteiger partial charge on any atom is -0.868 e. The molecule has 0 atom stereocenters. The quantitative estimate of drug-likeness (QED) is 0.312. The summed E-state index contributed by atoms with van der Waals surface area (Å²) in [5, 5.41) is 22.5. The van der Waals surface area contributed by atoms with Gasteiger partial charge in [0, 0.05) is 16.8 Å². The van der Waals surface area contributed by atoms with E-state index in [0.29, 0.717) is 11.4 Å². The van der Waals surface area contributed by atoms with Gasteiger partial charge in [-0.1, -0.05) is 48.6 Å². The van der Waals surface area contributed by atoms with E-state index in [-0.39, 0.29) is 33.5 Å². The van der Waals surface area contributed by atoms with Crippen molar-refractivity contribution < 1.29 is 14.7 Å². The van der Waals surface area contributed by atoms with Crippen molar-refractivity contribution in [3.63, 3.8) is 0 Å². The lowest BCUT2D eigenvalue weighted by Gasteiger charge is -2.27. The Kier molecular flexibility index (Phi) is 6.68. The van der Waals surface area contributed by atoms with Crippen LogP contribution in [-0.4, -0.2) is 16.4 Å². The third-order valence-corrected chi connectivity index (χ3v) is 6.01. The number of hydrogen-bond donors (Lipinski definition) is 0. The molecule has 0 radical (unpaired) electrons. The number of pyridine rings is 1. The summed E-state index contributed by atoms with van der Waals surface area (Å²) in [6.45, 7) is 10.5. The molecule has 1 aliphatic rings. The standard InChI is InChI=1S/C29H20N4O4/c1-18-22(26(34)32(28(36)24(18)17-30)20-11-6-4-7-12-20)15-10-16-23-19(2)25(31-3)29(37)33(27(23)35)21-13-8-5-9-14-21/h4-16,37H,1-2H3/p-1/b16-10?,22-15-. The van der Waals surface area contributed by atoms with E-state index in [9.17, 15) is 24.8 Å². The Morgan fingerprint density at radius 1 is 0.946 bits per heavy atom. The predicted molar refractivity (Wildman–Crippen MR) is 137 cm³/mol. The molecule has 2 heterocycles. The molecule has 0 N–H and O–H groups in total. The van der Waals surface area contributed by atoms with Crippen LogP contribution in [0.25, 0.3) is 16.6 Å². The molecular formula is C29H19N4O4-. The Hall–Kier alpha value is -5.47. The first kappa shape index (κ1) is 24.6. The molecule has 0 fully saturated rings. The van der Waals surface area contributed by atoms with Crippen LogP contribution >= 0.6 is 0 Å². The van der Waals surface area contributed by atoms with Gasteiger partial charge in [-0.25, -0.2) is 9.74 Å². The number of carbonyl (C=O) groups excluding carboxylic acids is 2. The fourth-order valence-corrected chi connectivity index (χ4v) is 4.07. The number of hydrogen-bond acceptors (Lipinski definition) is 5. The highest BCUT2D eigenvalue weighted by Crippen LogP contribution is 2.32. The molecule has 0 bridgehead atoms. The second kappa shape index (κ2) is 10.0. The zero-order valence-corrected chi connectivity index (χ0v) is 19.9. The maximum atomic E-state index is 13.3. The van der Waals surface area contributed by atoms with Gasteiger partial charge in [0.2, 0.25) is 0 Å². The van der Waals surface area contributed by atoms with Gasteiger partial charge in [-0.2, -0.15) is 5.26 Å². The van der Waals surface area contributed by atoms with Gasteiger partial charge in [0.15, 0.2) is 5.69 Å². The highest BCUT2D eigenvalue weighted by atomic mass is 16.3. The Morgan fingerprint density at radius 2 is 1.54 bits per heavy atom. The Balaban J connectivity index is 1.85. The maximum absolute atomic E-state index is 13.3. The fourth-order valence-electron chi connectivity index (χ4n) is 4.07. The van der Waals surface area contributed by atoms with Crippen molar-refractivity contribution >= 4 is 29.3 Å². The van der Waals surface area contributed by atoms with Crippen LogP contribution in [0.15, 0.2) is 94.3 Å². The summed E-state index contributed by atoms with van der Waals surface area (Å²) >= 11 is 0. The predicted octanol–water partition coefficient (Wildman–Crippen LogP) is 4.12. The van der Waals surface area contributed by atoms with Crippen molar-refractivity contribution in [2.75, 3.05) is 4.90 Å². The molecule has 0 saturated heterocycles. The van der Waals surface area contributed by atoms with E-state index in [2.05, 4.69) is 4.85 Å². The van der Waals surface area contributed by atoms with Crippen LogP contribution in [0.2, 0.25) is 0 Å². The van der Waals surface area contributed by atoms with E-state index in [1.165, 1.54) is 32.1 Å². The van der Waals surface area contributed by atoms with Crippen LogP contribution < -0.4 is 15.6 Å². The first-order chi connectivity index (χ1) is 17.8. The lowest BCUT2D eigenvalue weighted by molar-refractivity contribution is -0.276. The molecule has 1 aliphatic heterocycles. The van der Waals surface area contributed by atoms with Gasteiger partial charge in [0.25, 0.3) is 17.4 Å². The van der Waals surface area contributed by atoms with Crippen molar-refractivity contribution in [1.82, 2.24) is 4.57 Å². The Labute approximate surface area is 212 Å². The second-order valence-corrected chi connectivity index (χ2v) is 8.11. The monoisotopic (exact) mass is 487 g/mol. The van der Waals surface area contributed by atoms with E-state index in [1.807, 2.05) is 6.07 Å². The number of para-hydroxylation sites is 2. The van der Waals surface area contributed by atoms with Crippen LogP contribution in [0.5, 0.6) is 5.88 Å². The smallest absolute Gasteiger partial charge is 0.276 e. The number of nitriles is 1. The number of carbonyl (C=O) groups is 2. The van der Waals surface area contributed by atoms with Crippen molar-refractivity contribution in [3.05, 3.63) is 122 Å². The van der Waals surface area contributed by atoms with Gasteiger partial charge in [-0.15, -0.1) is 0 Å². The molecule has 8 nitrogen and oxygen atoms in total. The normalized spacial score (nSPS) is 14.8.